The molecule has 0 saturated heterocycles. The topological polar surface area (TPSA) is 120 Å². The summed E-state index contributed by atoms with van der Waals surface area (Å²) in [5.74, 6) is -1.39. The van der Waals surface area contributed by atoms with E-state index < -0.39 is 12.0 Å². The molecule has 0 aliphatic carbocycles. The Morgan fingerprint density at radius 2 is 2.05 bits per heavy atom. The first-order valence-electron chi connectivity index (χ1n) is 5.87. The molecule has 110 valence electrons. The van der Waals surface area contributed by atoms with Gasteiger partial charge in [-0.05, 0) is 13.8 Å². The standard InChI is InChI=1S/C11H16N4O4S/c1-6(2)14-8(16)3-12-11(19)13-4-9-15-7(5-20-9)10(17)18/h5-6H,3-4H2,1-2H3,(H,14,16)(H,17,18)(H2,12,13,19). The smallest absolute Gasteiger partial charge is 0.355 e. The molecule has 8 nitrogen and oxygen atoms in total. The second-order valence-corrected chi connectivity index (χ2v) is 5.13. The van der Waals surface area contributed by atoms with Crippen LogP contribution in [0.15, 0.2) is 5.38 Å². The Bertz CT molecular complexity index is 500. The van der Waals surface area contributed by atoms with E-state index in [1.54, 1.807) is 0 Å². The summed E-state index contributed by atoms with van der Waals surface area (Å²) in [7, 11) is 0. The van der Waals surface area contributed by atoms with Crippen molar-refractivity contribution < 1.29 is 19.5 Å². The minimum Gasteiger partial charge on any atom is -0.476 e. The largest absolute Gasteiger partial charge is 0.476 e. The van der Waals surface area contributed by atoms with Crippen LogP contribution in [0, 0.1) is 0 Å². The fourth-order valence-electron chi connectivity index (χ4n) is 1.24. The third-order valence-corrected chi connectivity index (χ3v) is 2.88. The van der Waals surface area contributed by atoms with Crippen LogP contribution in [0.4, 0.5) is 4.79 Å². The number of nitrogens with one attached hydrogen (secondary N) is 3. The molecule has 9 heteroatoms. The third kappa shape index (κ3) is 5.65. The molecule has 1 rings (SSSR count). The predicted octanol–water partition coefficient (Wildman–Crippen LogP) is 0.165. The molecule has 1 aromatic heterocycles. The van der Waals surface area contributed by atoms with Gasteiger partial charge in [0.1, 0.15) is 5.01 Å². The van der Waals surface area contributed by atoms with Gasteiger partial charge in [-0.2, -0.15) is 0 Å². The number of hydrogen-bond acceptors (Lipinski definition) is 5. The zero-order chi connectivity index (χ0) is 15.1. The fraction of sp³-hybridized carbons (Fsp3) is 0.455. The van der Waals surface area contributed by atoms with Crippen molar-refractivity contribution in [1.29, 1.82) is 0 Å². The number of carboxylic acid groups (broad SMARTS) is 1. The minimum absolute atomic E-state index is 0.0112. The van der Waals surface area contributed by atoms with Crippen LogP contribution in [0.2, 0.25) is 0 Å². The maximum atomic E-state index is 11.4. The van der Waals surface area contributed by atoms with E-state index in [0.29, 0.717) is 5.01 Å². The van der Waals surface area contributed by atoms with Crippen molar-refractivity contribution in [1.82, 2.24) is 20.9 Å². The van der Waals surface area contributed by atoms with Crippen LogP contribution in [0.5, 0.6) is 0 Å². The van der Waals surface area contributed by atoms with Crippen molar-refractivity contribution in [3.63, 3.8) is 0 Å². The SMILES string of the molecule is CC(C)NC(=O)CNC(=O)NCc1nc(C(=O)O)cs1. The Labute approximate surface area is 119 Å². The van der Waals surface area contributed by atoms with Crippen LogP contribution in [0.3, 0.4) is 0 Å². The molecular weight excluding hydrogens is 284 g/mol. The lowest BCUT2D eigenvalue weighted by atomic mass is 10.4. The normalized spacial score (nSPS) is 10.2. The van der Waals surface area contributed by atoms with E-state index in [2.05, 4.69) is 20.9 Å². The molecule has 0 aliphatic heterocycles. The zero-order valence-electron chi connectivity index (χ0n) is 11.1. The van der Waals surface area contributed by atoms with Gasteiger partial charge >= 0.3 is 12.0 Å². The van der Waals surface area contributed by atoms with E-state index in [-0.39, 0.29) is 30.7 Å². The molecule has 0 atom stereocenters. The van der Waals surface area contributed by atoms with Crippen LogP contribution < -0.4 is 16.0 Å². The number of nitrogens with zero attached hydrogens (tertiary/aromatic N) is 1. The van der Waals surface area contributed by atoms with Crippen LogP contribution in [-0.2, 0) is 11.3 Å². The van der Waals surface area contributed by atoms with Crippen molar-refractivity contribution in [2.24, 2.45) is 0 Å². The van der Waals surface area contributed by atoms with Crippen molar-refractivity contribution in [2.45, 2.75) is 26.4 Å². The van der Waals surface area contributed by atoms with Gasteiger partial charge in [-0.1, -0.05) is 0 Å². The monoisotopic (exact) mass is 300 g/mol. The minimum atomic E-state index is -1.11. The van der Waals surface area contributed by atoms with Crippen LogP contribution in [-0.4, -0.2) is 40.6 Å². The number of urea groups is 1. The first kappa shape index (κ1) is 15.9. The molecule has 1 aromatic rings. The van der Waals surface area contributed by atoms with Gasteiger partial charge in [-0.25, -0.2) is 14.6 Å². The summed E-state index contributed by atoms with van der Waals surface area (Å²) in [6.07, 6.45) is 0. The van der Waals surface area contributed by atoms with Crippen LogP contribution in [0.1, 0.15) is 29.3 Å². The van der Waals surface area contributed by atoms with E-state index in [1.807, 2.05) is 13.8 Å². The van der Waals surface area contributed by atoms with Crippen molar-refractivity contribution in [2.75, 3.05) is 6.54 Å². The highest BCUT2D eigenvalue weighted by molar-refractivity contribution is 7.09. The fourth-order valence-corrected chi connectivity index (χ4v) is 1.95. The Hall–Kier alpha value is -2.16. The molecular formula is C11H16N4O4S. The highest BCUT2D eigenvalue weighted by atomic mass is 32.1. The summed E-state index contributed by atoms with van der Waals surface area (Å²) in [5, 5.41) is 18.1. The van der Waals surface area contributed by atoms with E-state index in [1.165, 1.54) is 5.38 Å². The lowest BCUT2D eigenvalue weighted by Gasteiger charge is -2.09. The first-order chi connectivity index (χ1) is 9.38. The average Bonchev–Trinajstić information content (AvgIpc) is 2.82. The Balaban J connectivity index is 2.29. The van der Waals surface area contributed by atoms with E-state index in [0.717, 1.165) is 11.3 Å². The molecule has 0 bridgehead atoms. The number of thiazole rings is 1. The zero-order valence-corrected chi connectivity index (χ0v) is 11.9. The highest BCUT2D eigenvalue weighted by Gasteiger charge is 2.10. The quantitative estimate of drug-likeness (QED) is 0.596. The number of aromatic carboxylic acids is 1. The number of carbonyl (C=O) groups is 3. The second kappa shape index (κ2) is 7.43. The molecule has 0 unspecified atom stereocenters. The Kier molecular flexibility index (Phi) is 5.91. The van der Waals surface area contributed by atoms with Gasteiger partial charge in [0.15, 0.2) is 5.69 Å². The Morgan fingerprint density at radius 1 is 1.35 bits per heavy atom. The summed E-state index contributed by atoms with van der Waals surface area (Å²) in [6, 6.07) is -0.506. The maximum Gasteiger partial charge on any atom is 0.355 e. The molecule has 4 N–H and O–H groups in total. The van der Waals surface area contributed by atoms with Crippen LogP contribution >= 0.6 is 11.3 Å². The lowest BCUT2D eigenvalue weighted by Crippen LogP contribution is -2.43. The summed E-state index contributed by atoms with van der Waals surface area (Å²) in [4.78, 5) is 37.1. The number of aromatic nitrogens is 1. The molecule has 0 radical (unpaired) electrons. The molecule has 0 fully saturated rings. The average molecular weight is 300 g/mol. The number of amides is 3. The number of hydrogen-bond donors (Lipinski definition) is 4. The number of rotatable bonds is 6. The van der Waals surface area contributed by atoms with E-state index in [4.69, 9.17) is 5.11 Å². The molecule has 0 aliphatic rings. The van der Waals surface area contributed by atoms with Crippen molar-refractivity contribution in [3.05, 3.63) is 16.1 Å². The van der Waals surface area contributed by atoms with Gasteiger partial charge in [-0.15, -0.1) is 11.3 Å². The summed E-state index contributed by atoms with van der Waals surface area (Å²) >= 11 is 1.14. The van der Waals surface area contributed by atoms with Crippen LogP contribution in [0.25, 0.3) is 0 Å². The van der Waals surface area contributed by atoms with Gasteiger partial charge < -0.3 is 21.1 Å². The summed E-state index contributed by atoms with van der Waals surface area (Å²) < 4.78 is 0. The molecule has 0 saturated carbocycles. The maximum absolute atomic E-state index is 11.4. The number of carboxylic acids is 1. The lowest BCUT2D eigenvalue weighted by molar-refractivity contribution is -0.120. The van der Waals surface area contributed by atoms with E-state index in [9.17, 15) is 14.4 Å². The van der Waals surface area contributed by atoms with Crippen molar-refractivity contribution >= 4 is 29.2 Å². The third-order valence-electron chi connectivity index (χ3n) is 2.03. The van der Waals surface area contributed by atoms with Gasteiger partial charge in [0.25, 0.3) is 0 Å². The predicted molar refractivity (Wildman–Crippen MR) is 72.6 cm³/mol. The second-order valence-electron chi connectivity index (χ2n) is 4.19. The van der Waals surface area contributed by atoms with E-state index >= 15 is 0 Å². The molecule has 0 spiro atoms. The van der Waals surface area contributed by atoms with Gasteiger partial charge in [-0.3, -0.25) is 4.79 Å². The van der Waals surface area contributed by atoms with Gasteiger partial charge in [0, 0.05) is 11.4 Å². The molecule has 20 heavy (non-hydrogen) atoms. The number of carbonyl (C=O) groups excluding carboxylic acids is 2. The molecule has 1 heterocycles. The van der Waals surface area contributed by atoms with Gasteiger partial charge in [0.05, 0.1) is 13.1 Å². The summed E-state index contributed by atoms with van der Waals surface area (Å²) in [6.45, 7) is 3.62. The molecule has 0 aromatic carbocycles. The highest BCUT2D eigenvalue weighted by Crippen LogP contribution is 2.08. The van der Waals surface area contributed by atoms with Crippen molar-refractivity contribution in [3.8, 4) is 0 Å². The Morgan fingerprint density at radius 3 is 2.60 bits per heavy atom. The van der Waals surface area contributed by atoms with Gasteiger partial charge in [0.2, 0.25) is 5.91 Å². The first-order valence-corrected chi connectivity index (χ1v) is 6.75. The molecule has 3 amide bonds. The summed E-state index contributed by atoms with van der Waals surface area (Å²) in [5.41, 5.74) is -0.0523.